The monoisotopic (exact) mass is 377 g/mol. The molecule has 152 valence electrons. The Morgan fingerprint density at radius 2 is 1.89 bits per heavy atom. The Morgan fingerprint density at radius 3 is 2.56 bits per heavy atom. The Hall–Kier alpha value is -2.05. The van der Waals surface area contributed by atoms with Crippen LogP contribution in [0.4, 0.5) is 0 Å². The third-order valence-electron chi connectivity index (χ3n) is 5.33. The Bertz CT molecular complexity index is 589. The van der Waals surface area contributed by atoms with Gasteiger partial charge in [0.1, 0.15) is 0 Å². The highest BCUT2D eigenvalue weighted by Crippen LogP contribution is 2.23. The average molecular weight is 378 g/mol. The summed E-state index contributed by atoms with van der Waals surface area (Å²) in [6, 6.07) is 2.02. The zero-order valence-corrected chi connectivity index (χ0v) is 17.0. The third-order valence-corrected chi connectivity index (χ3v) is 5.33. The van der Waals surface area contributed by atoms with Crippen molar-refractivity contribution in [3.8, 4) is 0 Å². The van der Waals surface area contributed by atoms with Gasteiger partial charge in [0, 0.05) is 38.0 Å². The summed E-state index contributed by atoms with van der Waals surface area (Å²) < 4.78 is 5.42. The van der Waals surface area contributed by atoms with Crippen LogP contribution >= 0.6 is 0 Å². The van der Waals surface area contributed by atoms with Crippen LogP contribution in [0.25, 0.3) is 0 Å². The smallest absolute Gasteiger partial charge is 0.223 e. The molecule has 0 bridgehead atoms. The summed E-state index contributed by atoms with van der Waals surface area (Å²) in [6.07, 6.45) is 7.78. The minimum atomic E-state index is 0.190. The van der Waals surface area contributed by atoms with E-state index in [1.54, 1.807) is 7.05 Å². The largest absolute Gasteiger partial charge is 0.359 e. The van der Waals surface area contributed by atoms with Crippen LogP contribution in [0.1, 0.15) is 76.2 Å². The highest BCUT2D eigenvalue weighted by Gasteiger charge is 2.20. The number of aliphatic imine (C=N–C) groups is 1. The second-order valence-corrected chi connectivity index (χ2v) is 7.21. The summed E-state index contributed by atoms with van der Waals surface area (Å²) in [7, 11) is 1.73. The topological polar surface area (TPSA) is 91.6 Å². The van der Waals surface area contributed by atoms with Gasteiger partial charge in [0.2, 0.25) is 5.91 Å². The molecule has 0 aliphatic heterocycles. The van der Waals surface area contributed by atoms with Gasteiger partial charge in [-0.1, -0.05) is 38.3 Å². The highest BCUT2D eigenvalue weighted by atomic mass is 16.5. The van der Waals surface area contributed by atoms with E-state index in [9.17, 15) is 4.79 Å². The van der Waals surface area contributed by atoms with Crippen LogP contribution in [0.5, 0.6) is 0 Å². The molecule has 1 aliphatic rings. The molecule has 1 heterocycles. The second-order valence-electron chi connectivity index (χ2n) is 7.21. The lowest BCUT2D eigenvalue weighted by Crippen LogP contribution is -2.42. The van der Waals surface area contributed by atoms with Crippen LogP contribution in [0, 0.1) is 5.92 Å². The lowest BCUT2D eigenvalue weighted by Gasteiger charge is -2.20. The molecule has 7 nitrogen and oxygen atoms in total. The Balaban J connectivity index is 1.66. The van der Waals surface area contributed by atoms with Crippen molar-refractivity contribution in [1.29, 1.82) is 0 Å². The number of aromatic nitrogens is 1. The molecule has 0 radical (unpaired) electrons. The van der Waals surface area contributed by atoms with E-state index < -0.39 is 0 Å². The van der Waals surface area contributed by atoms with Gasteiger partial charge in [0.15, 0.2) is 11.7 Å². The SMILES string of the molecule is CCC(CC)c1cc(CNC(=NC)NCCNC(=O)C2CCCCC2)on1. The van der Waals surface area contributed by atoms with Gasteiger partial charge in [0.25, 0.3) is 0 Å². The van der Waals surface area contributed by atoms with Crippen molar-refractivity contribution in [2.75, 3.05) is 20.1 Å². The first-order valence-electron chi connectivity index (χ1n) is 10.4. The fraction of sp³-hybridized carbons (Fsp3) is 0.750. The lowest BCUT2D eigenvalue weighted by molar-refractivity contribution is -0.125. The van der Waals surface area contributed by atoms with Gasteiger partial charge in [-0.05, 0) is 25.7 Å². The fourth-order valence-electron chi connectivity index (χ4n) is 3.58. The van der Waals surface area contributed by atoms with Crippen molar-refractivity contribution in [2.45, 2.75) is 71.3 Å². The summed E-state index contributed by atoms with van der Waals surface area (Å²) in [5.41, 5.74) is 1.02. The minimum Gasteiger partial charge on any atom is -0.359 e. The molecule has 1 aliphatic carbocycles. The van der Waals surface area contributed by atoms with Crippen LogP contribution in [0.2, 0.25) is 0 Å². The number of hydrogen-bond acceptors (Lipinski definition) is 4. The van der Waals surface area contributed by atoms with Crippen molar-refractivity contribution in [2.24, 2.45) is 10.9 Å². The Labute approximate surface area is 162 Å². The average Bonchev–Trinajstić information content (AvgIpc) is 3.17. The first-order valence-corrected chi connectivity index (χ1v) is 10.4. The molecule has 1 saturated carbocycles. The van der Waals surface area contributed by atoms with Gasteiger partial charge < -0.3 is 20.5 Å². The molecule has 1 aromatic rings. The van der Waals surface area contributed by atoms with Gasteiger partial charge >= 0.3 is 0 Å². The van der Waals surface area contributed by atoms with Gasteiger partial charge in [-0.3, -0.25) is 9.79 Å². The molecule has 2 rings (SSSR count). The van der Waals surface area contributed by atoms with Crippen LogP contribution in [-0.4, -0.2) is 37.2 Å². The molecule has 1 fully saturated rings. The molecule has 7 heteroatoms. The van der Waals surface area contributed by atoms with E-state index >= 15 is 0 Å². The van der Waals surface area contributed by atoms with Gasteiger partial charge in [-0.2, -0.15) is 0 Å². The van der Waals surface area contributed by atoms with E-state index in [4.69, 9.17) is 4.52 Å². The predicted octanol–water partition coefficient (Wildman–Crippen LogP) is 2.94. The lowest BCUT2D eigenvalue weighted by atomic mass is 9.89. The standard InChI is InChI=1S/C20H35N5O2/c1-4-15(5-2)18-13-17(27-25-18)14-24-20(21-3)23-12-11-22-19(26)16-9-7-6-8-10-16/h13,15-16H,4-12,14H2,1-3H3,(H,22,26)(H2,21,23,24). The quantitative estimate of drug-likeness (QED) is 0.350. The second kappa shape index (κ2) is 11.6. The van der Waals surface area contributed by atoms with E-state index in [1.807, 2.05) is 6.07 Å². The number of guanidine groups is 1. The van der Waals surface area contributed by atoms with Crippen molar-refractivity contribution in [3.05, 3.63) is 17.5 Å². The van der Waals surface area contributed by atoms with Gasteiger partial charge in [-0.15, -0.1) is 0 Å². The molecule has 0 saturated heterocycles. The van der Waals surface area contributed by atoms with E-state index in [0.717, 1.165) is 37.1 Å². The van der Waals surface area contributed by atoms with Gasteiger partial charge in [0.05, 0.1) is 12.2 Å². The molecule has 27 heavy (non-hydrogen) atoms. The summed E-state index contributed by atoms with van der Waals surface area (Å²) in [6.45, 7) is 6.09. The minimum absolute atomic E-state index is 0.190. The van der Waals surface area contributed by atoms with Crippen LogP contribution < -0.4 is 16.0 Å². The van der Waals surface area contributed by atoms with Crippen molar-refractivity contribution < 1.29 is 9.32 Å². The van der Waals surface area contributed by atoms with E-state index in [-0.39, 0.29) is 11.8 Å². The normalized spacial score (nSPS) is 15.8. The third kappa shape index (κ3) is 6.88. The molecule has 1 aromatic heterocycles. The number of rotatable bonds is 9. The molecular formula is C20H35N5O2. The number of nitrogens with one attached hydrogen (secondary N) is 3. The predicted molar refractivity (Wildman–Crippen MR) is 108 cm³/mol. The van der Waals surface area contributed by atoms with E-state index in [1.165, 1.54) is 19.3 Å². The molecule has 1 amide bonds. The summed E-state index contributed by atoms with van der Waals surface area (Å²) >= 11 is 0. The molecule has 0 spiro atoms. The maximum atomic E-state index is 12.1. The zero-order chi connectivity index (χ0) is 19.5. The number of hydrogen-bond donors (Lipinski definition) is 3. The first-order chi connectivity index (χ1) is 13.2. The maximum absolute atomic E-state index is 12.1. The summed E-state index contributed by atoms with van der Waals surface area (Å²) in [4.78, 5) is 16.3. The van der Waals surface area contributed by atoms with Crippen molar-refractivity contribution in [1.82, 2.24) is 21.1 Å². The first kappa shape index (κ1) is 21.3. The van der Waals surface area contributed by atoms with Gasteiger partial charge in [-0.25, -0.2) is 0 Å². The van der Waals surface area contributed by atoms with Crippen LogP contribution in [0.15, 0.2) is 15.6 Å². The Kier molecular flexibility index (Phi) is 9.15. The van der Waals surface area contributed by atoms with Crippen molar-refractivity contribution in [3.63, 3.8) is 0 Å². The molecular weight excluding hydrogens is 342 g/mol. The fourth-order valence-corrected chi connectivity index (χ4v) is 3.58. The summed E-state index contributed by atoms with van der Waals surface area (Å²) in [5.74, 6) is 2.32. The number of amides is 1. The van der Waals surface area contributed by atoms with E-state index in [2.05, 4.69) is 39.9 Å². The molecule has 3 N–H and O–H groups in total. The maximum Gasteiger partial charge on any atom is 0.223 e. The highest BCUT2D eigenvalue weighted by molar-refractivity contribution is 5.80. The molecule has 0 atom stereocenters. The number of carbonyl (C=O) groups excluding carboxylic acids is 1. The number of nitrogens with zero attached hydrogens (tertiary/aromatic N) is 2. The van der Waals surface area contributed by atoms with Crippen LogP contribution in [-0.2, 0) is 11.3 Å². The zero-order valence-electron chi connectivity index (χ0n) is 17.0. The molecule has 0 aromatic carbocycles. The van der Waals surface area contributed by atoms with E-state index in [0.29, 0.717) is 31.5 Å². The summed E-state index contributed by atoms with van der Waals surface area (Å²) in [5, 5.41) is 13.6. The van der Waals surface area contributed by atoms with Crippen molar-refractivity contribution >= 4 is 11.9 Å². The number of carbonyl (C=O) groups is 1. The molecule has 0 unspecified atom stereocenters. The van der Waals surface area contributed by atoms with Crippen LogP contribution in [0.3, 0.4) is 0 Å². The Morgan fingerprint density at radius 1 is 1.19 bits per heavy atom.